The van der Waals surface area contributed by atoms with Gasteiger partial charge in [0.25, 0.3) is 5.91 Å². The van der Waals surface area contributed by atoms with Gasteiger partial charge in [-0.2, -0.15) is 0 Å². The third kappa shape index (κ3) is 4.22. The van der Waals surface area contributed by atoms with Crippen LogP contribution in [0.5, 0.6) is 0 Å². The first kappa shape index (κ1) is 19.6. The second-order valence-electron chi connectivity index (χ2n) is 5.36. The highest BCUT2D eigenvalue weighted by Crippen LogP contribution is 2.31. The molecule has 138 valence electrons. The minimum atomic E-state index is -1.24. The van der Waals surface area contributed by atoms with Crippen molar-refractivity contribution < 1.29 is 19.1 Å². The second-order valence-corrected chi connectivity index (χ2v) is 6.99. The molecule has 0 atom stereocenters. The van der Waals surface area contributed by atoms with Crippen molar-refractivity contribution in [3.05, 3.63) is 73.9 Å². The number of carbonyl (C=O) groups excluding carboxylic acids is 1. The summed E-state index contributed by atoms with van der Waals surface area (Å²) in [4.78, 5) is 23.6. The van der Waals surface area contributed by atoms with Crippen LogP contribution in [-0.4, -0.2) is 17.0 Å². The van der Waals surface area contributed by atoms with Crippen LogP contribution < -0.4 is 5.32 Å². The van der Waals surface area contributed by atoms with Gasteiger partial charge in [-0.05, 0) is 42.5 Å². The first-order valence-corrected chi connectivity index (χ1v) is 8.86. The molecule has 2 N–H and O–H groups in total. The molecule has 0 bridgehead atoms. The lowest BCUT2D eigenvalue weighted by molar-refractivity contribution is 0.0696. The van der Waals surface area contributed by atoms with Crippen molar-refractivity contribution in [2.75, 3.05) is 5.32 Å². The third-order valence-corrected chi connectivity index (χ3v) is 4.93. The van der Waals surface area contributed by atoms with Crippen molar-refractivity contribution in [1.82, 2.24) is 0 Å². The monoisotopic (exact) mass is 443 g/mol. The first-order valence-electron chi connectivity index (χ1n) is 7.35. The molecular formula is C18H9Cl4NO4. The van der Waals surface area contributed by atoms with Crippen LogP contribution >= 0.6 is 46.4 Å². The van der Waals surface area contributed by atoms with Gasteiger partial charge in [-0.3, -0.25) is 4.79 Å². The fourth-order valence-corrected chi connectivity index (χ4v) is 3.07. The molecule has 0 aliphatic rings. The maximum absolute atomic E-state index is 12.4. The Balaban J connectivity index is 1.86. The zero-order valence-electron chi connectivity index (χ0n) is 13.2. The summed E-state index contributed by atoms with van der Waals surface area (Å²) < 4.78 is 5.54. The zero-order valence-corrected chi connectivity index (χ0v) is 16.2. The van der Waals surface area contributed by atoms with Crippen LogP contribution in [-0.2, 0) is 0 Å². The molecule has 0 saturated carbocycles. The Kier molecular flexibility index (Phi) is 5.67. The number of carboxylic acid groups (broad SMARTS) is 1. The third-order valence-electron chi connectivity index (χ3n) is 3.57. The van der Waals surface area contributed by atoms with Crippen LogP contribution in [0.2, 0.25) is 20.1 Å². The highest BCUT2D eigenvalue weighted by Gasteiger charge is 2.18. The molecule has 0 spiro atoms. The minimum Gasteiger partial charge on any atom is -0.478 e. The maximum atomic E-state index is 12.4. The molecule has 3 rings (SSSR count). The van der Waals surface area contributed by atoms with Crippen LogP contribution in [0.3, 0.4) is 0 Å². The van der Waals surface area contributed by atoms with Gasteiger partial charge in [-0.15, -0.1) is 0 Å². The average molecular weight is 445 g/mol. The fraction of sp³-hybridized carbons (Fsp3) is 0. The molecule has 0 saturated heterocycles. The van der Waals surface area contributed by atoms with Gasteiger partial charge in [0, 0.05) is 5.56 Å². The van der Waals surface area contributed by atoms with Crippen molar-refractivity contribution in [3.8, 4) is 11.3 Å². The average Bonchev–Trinajstić information content (AvgIpc) is 3.09. The lowest BCUT2D eigenvalue weighted by Gasteiger charge is -2.08. The summed E-state index contributed by atoms with van der Waals surface area (Å²) in [6.07, 6.45) is 0. The van der Waals surface area contributed by atoms with Crippen molar-refractivity contribution in [2.45, 2.75) is 0 Å². The quantitative estimate of drug-likeness (QED) is 0.480. The SMILES string of the molecule is O=C(Nc1cc(C(=O)O)c(Cl)cc1Cl)c1ccc(-c2ccc(Cl)c(Cl)c2)o1. The normalized spacial score (nSPS) is 10.7. The van der Waals surface area contributed by atoms with Gasteiger partial charge in [0.1, 0.15) is 5.76 Å². The topological polar surface area (TPSA) is 79.5 Å². The van der Waals surface area contributed by atoms with Crippen molar-refractivity contribution >= 4 is 64.0 Å². The summed E-state index contributed by atoms with van der Waals surface area (Å²) in [6, 6.07) is 10.4. The van der Waals surface area contributed by atoms with Gasteiger partial charge >= 0.3 is 5.97 Å². The first-order chi connectivity index (χ1) is 12.8. The minimum absolute atomic E-state index is 0.000959. The van der Waals surface area contributed by atoms with E-state index in [0.29, 0.717) is 21.4 Å². The van der Waals surface area contributed by atoms with Crippen LogP contribution in [0.1, 0.15) is 20.9 Å². The number of amides is 1. The second kappa shape index (κ2) is 7.82. The lowest BCUT2D eigenvalue weighted by Crippen LogP contribution is -2.12. The van der Waals surface area contributed by atoms with Crippen LogP contribution in [0.4, 0.5) is 5.69 Å². The number of hydrogen-bond donors (Lipinski definition) is 2. The largest absolute Gasteiger partial charge is 0.478 e. The van der Waals surface area contributed by atoms with E-state index in [4.69, 9.17) is 55.9 Å². The molecule has 9 heteroatoms. The smallest absolute Gasteiger partial charge is 0.337 e. The summed E-state index contributed by atoms with van der Waals surface area (Å²) in [5.74, 6) is -1.44. The number of aromatic carboxylic acids is 1. The van der Waals surface area contributed by atoms with E-state index < -0.39 is 11.9 Å². The standard InChI is InChI=1S/C18H9Cl4NO4/c19-10-2-1-8(5-12(10)21)15-3-4-16(27-15)17(24)23-14-6-9(18(25)26)11(20)7-13(14)22/h1-7H,(H,23,24)(H,25,26). The number of hydrogen-bond acceptors (Lipinski definition) is 3. The van der Waals surface area contributed by atoms with E-state index in [0.717, 1.165) is 0 Å². The highest BCUT2D eigenvalue weighted by atomic mass is 35.5. The molecule has 0 aliphatic heterocycles. The summed E-state index contributed by atoms with van der Waals surface area (Å²) in [6.45, 7) is 0. The lowest BCUT2D eigenvalue weighted by atomic mass is 10.2. The molecule has 3 aromatic rings. The van der Waals surface area contributed by atoms with Crippen LogP contribution in [0.15, 0.2) is 46.9 Å². The number of halogens is 4. The molecule has 2 aromatic carbocycles. The van der Waals surface area contributed by atoms with Gasteiger partial charge in [-0.25, -0.2) is 4.79 Å². The number of benzene rings is 2. The summed E-state index contributed by atoms with van der Waals surface area (Å²) in [7, 11) is 0. The predicted octanol–water partition coefficient (Wildman–Crippen LogP) is 6.51. The Morgan fingerprint density at radius 3 is 2.26 bits per heavy atom. The molecule has 27 heavy (non-hydrogen) atoms. The Morgan fingerprint density at radius 1 is 0.852 bits per heavy atom. The van der Waals surface area contributed by atoms with Gasteiger partial charge in [0.05, 0.1) is 31.3 Å². The van der Waals surface area contributed by atoms with E-state index in [2.05, 4.69) is 5.32 Å². The van der Waals surface area contributed by atoms with Crippen LogP contribution in [0.25, 0.3) is 11.3 Å². The number of furan rings is 1. The van der Waals surface area contributed by atoms with Crippen molar-refractivity contribution in [2.24, 2.45) is 0 Å². The number of nitrogens with one attached hydrogen (secondary N) is 1. The number of carboxylic acids is 1. The van der Waals surface area contributed by atoms with E-state index >= 15 is 0 Å². The summed E-state index contributed by atoms with van der Waals surface area (Å²) >= 11 is 23.7. The number of anilines is 1. The molecule has 5 nitrogen and oxygen atoms in total. The molecule has 1 aromatic heterocycles. The summed E-state index contributed by atoms with van der Waals surface area (Å²) in [5, 5.41) is 12.4. The Bertz CT molecular complexity index is 1060. The predicted molar refractivity (Wildman–Crippen MR) is 106 cm³/mol. The zero-order chi connectivity index (χ0) is 19.7. The molecule has 1 amide bonds. The highest BCUT2D eigenvalue weighted by molar-refractivity contribution is 6.42. The van der Waals surface area contributed by atoms with E-state index in [1.54, 1.807) is 24.3 Å². The molecule has 0 aliphatic carbocycles. The van der Waals surface area contributed by atoms with Gasteiger partial charge in [0.15, 0.2) is 5.76 Å². The van der Waals surface area contributed by atoms with E-state index in [9.17, 15) is 9.59 Å². The van der Waals surface area contributed by atoms with Gasteiger partial charge < -0.3 is 14.8 Å². The van der Waals surface area contributed by atoms with Gasteiger partial charge in [-0.1, -0.05) is 46.4 Å². The Morgan fingerprint density at radius 2 is 1.59 bits per heavy atom. The fourth-order valence-electron chi connectivity index (χ4n) is 2.26. The molecule has 1 heterocycles. The molecule has 0 radical (unpaired) electrons. The maximum Gasteiger partial charge on any atom is 0.337 e. The van der Waals surface area contributed by atoms with Crippen LogP contribution in [0, 0.1) is 0 Å². The van der Waals surface area contributed by atoms with Gasteiger partial charge in [0.2, 0.25) is 0 Å². The van der Waals surface area contributed by atoms with E-state index in [1.165, 1.54) is 18.2 Å². The molecule has 0 fully saturated rings. The Hall–Kier alpha value is -2.18. The summed E-state index contributed by atoms with van der Waals surface area (Å²) in [5.41, 5.74) is 0.546. The molecular weight excluding hydrogens is 436 g/mol. The number of carbonyl (C=O) groups is 2. The van der Waals surface area contributed by atoms with E-state index in [-0.39, 0.29) is 27.1 Å². The molecule has 0 unspecified atom stereocenters. The van der Waals surface area contributed by atoms with Crippen molar-refractivity contribution in [3.63, 3.8) is 0 Å². The Labute approximate surface area is 173 Å². The van der Waals surface area contributed by atoms with Crippen molar-refractivity contribution in [1.29, 1.82) is 0 Å². The number of rotatable bonds is 4. The van der Waals surface area contributed by atoms with E-state index in [1.807, 2.05) is 0 Å².